The Balaban J connectivity index is -0.0000000215. The van der Waals surface area contributed by atoms with Crippen LogP contribution in [0.1, 0.15) is 2.85 Å². The maximum absolute atomic E-state index is 8.56. The summed E-state index contributed by atoms with van der Waals surface area (Å²) in [6, 6.07) is 0. The smallest absolute Gasteiger partial charge is 1.00 e. The zero-order valence-corrected chi connectivity index (χ0v) is 30.0. The van der Waals surface area contributed by atoms with Crippen molar-refractivity contribution in [1.29, 1.82) is 0 Å². The van der Waals surface area contributed by atoms with E-state index in [1.807, 2.05) is 0 Å². The van der Waals surface area contributed by atoms with Crippen LogP contribution in [0.25, 0.3) is 0 Å². The first-order chi connectivity index (χ1) is 26.0. The topological polar surface area (TPSA) is 863 Å². The molecule has 0 aromatic heterocycles. The van der Waals surface area contributed by atoms with Crippen molar-refractivity contribution in [3.63, 3.8) is 0 Å². The maximum atomic E-state index is 8.56. The van der Waals surface area contributed by atoms with E-state index < -0.39 is 92.3 Å². The first-order valence-electron chi connectivity index (χ1n) is 9.77. The van der Waals surface area contributed by atoms with Crippen LogP contribution in [0.15, 0.2) is 0 Å². The van der Waals surface area contributed by atoms with E-state index in [1.165, 1.54) is 0 Å². The van der Waals surface area contributed by atoms with Gasteiger partial charge in [0.2, 0.25) is 0 Å². The zero-order valence-electron chi connectivity index (χ0n) is 29.7. The summed E-state index contributed by atoms with van der Waals surface area (Å²) in [4.78, 5) is 128. The molecule has 0 radical (unpaired) electrons. The van der Waals surface area contributed by atoms with Gasteiger partial charge in [-0.1, -0.05) is 0 Å². The Morgan fingerprint density at radius 1 is 0.131 bits per heavy atom. The largest absolute Gasteiger partial charge is 2.00 e. The zero-order chi connectivity index (χ0) is 53.7. The summed E-state index contributed by atoms with van der Waals surface area (Å²) in [6.45, 7) is 0. The van der Waals surface area contributed by atoms with Crippen molar-refractivity contribution in [2.24, 2.45) is 0 Å². The van der Waals surface area contributed by atoms with Crippen molar-refractivity contribution in [3.8, 4) is 0 Å². The summed E-state index contributed by atoms with van der Waals surface area (Å²) >= 11 is 0. The molecule has 0 aliphatic heterocycles. The summed E-state index contributed by atoms with van der Waals surface area (Å²) in [5, 5.41) is 209. The number of hydrogen-bond acceptors (Lipinski definition) is 15. The van der Waals surface area contributed by atoms with Gasteiger partial charge in [-0.3, -0.25) is 0 Å². The molecule has 0 aliphatic carbocycles. The Bertz CT molecular complexity index is 766. The second-order valence-corrected chi connectivity index (χ2v) is 4.24. The second kappa shape index (κ2) is 98.1. The third kappa shape index (κ3) is 1250. The maximum Gasteiger partial charge on any atom is 2.00 e. The van der Waals surface area contributed by atoms with Crippen molar-refractivity contribution in [1.82, 2.24) is 0 Å². The molecule has 0 bridgehead atoms. The van der Waals surface area contributed by atoms with E-state index in [-0.39, 0.29) is 40.6 Å². The molecule has 0 aromatic rings. The van der Waals surface area contributed by atoms with E-state index in [0.29, 0.717) is 0 Å². The minimum atomic E-state index is -1.83. The van der Waals surface area contributed by atoms with Gasteiger partial charge in [0, 0.05) is 0 Å². The molecule has 45 nitrogen and oxygen atoms in total. The standard InChI is InChI=1S/15CH2O3.Ca.2H/c15*2-1(3)4;;;/h15*(H2,2,3,4);;;/q;;;;;;;;;;;;;;;+2;2*-1. The average Bonchev–Trinajstić information content (AvgIpc) is 2.78. The minimum Gasteiger partial charge on any atom is -1.00 e. The molecular weight excluding hydrogens is 940 g/mol. The Labute approximate surface area is 357 Å². The van der Waals surface area contributed by atoms with E-state index in [1.54, 1.807) is 0 Å². The Kier molecular flexibility index (Phi) is 168. The number of rotatable bonds is 0. The fourth-order valence-corrected chi connectivity index (χ4v) is 0. The van der Waals surface area contributed by atoms with Gasteiger partial charge in [-0.15, -0.1) is 0 Å². The van der Waals surface area contributed by atoms with Crippen molar-refractivity contribution in [3.05, 3.63) is 0 Å². The summed E-state index contributed by atoms with van der Waals surface area (Å²) in [5.74, 6) is 0. The molecule has 0 saturated carbocycles. The van der Waals surface area contributed by atoms with Gasteiger partial charge in [0.25, 0.3) is 0 Å². The number of hydrogen-bond donors (Lipinski definition) is 30. The third-order valence-electron chi connectivity index (χ3n) is 0. The van der Waals surface area contributed by atoms with Crippen LogP contribution in [-0.4, -0.2) is 283 Å². The number of carboxylic acid groups (broad SMARTS) is 30. The van der Waals surface area contributed by atoms with E-state index in [0.717, 1.165) is 0 Å². The van der Waals surface area contributed by atoms with Gasteiger partial charge in [-0.05, 0) is 0 Å². The van der Waals surface area contributed by atoms with Gasteiger partial charge in [0.05, 0.1) is 0 Å². The molecule has 0 rings (SSSR count). The van der Waals surface area contributed by atoms with Crippen LogP contribution in [-0.2, 0) is 0 Å². The monoisotopic (exact) mass is 972 g/mol. The van der Waals surface area contributed by atoms with Crippen molar-refractivity contribution in [2.75, 3.05) is 0 Å². The van der Waals surface area contributed by atoms with Crippen molar-refractivity contribution >= 4 is 130 Å². The normalized spacial score (nSPS) is 5.90. The predicted molar refractivity (Wildman–Crippen MR) is 168 cm³/mol. The fourth-order valence-electron chi connectivity index (χ4n) is 0. The Morgan fingerprint density at radius 3 is 0.131 bits per heavy atom. The van der Waals surface area contributed by atoms with E-state index >= 15 is 0 Å². The van der Waals surface area contributed by atoms with Crippen LogP contribution in [0.3, 0.4) is 0 Å². The first-order valence-corrected chi connectivity index (χ1v) is 9.77. The van der Waals surface area contributed by atoms with Crippen molar-refractivity contribution < 1.29 is 228 Å². The predicted octanol–water partition coefficient (Wildman–Crippen LogP) is 3.18. The van der Waals surface area contributed by atoms with E-state index in [9.17, 15) is 0 Å². The molecule has 0 heterocycles. The number of carbonyl (C=O) groups is 15. The van der Waals surface area contributed by atoms with Crippen LogP contribution in [0.2, 0.25) is 0 Å². The molecule has 0 unspecified atom stereocenters. The van der Waals surface area contributed by atoms with Crippen LogP contribution >= 0.6 is 0 Å². The minimum absolute atomic E-state index is 0. The first kappa shape index (κ1) is 104. The molecule has 30 N–H and O–H groups in total. The van der Waals surface area contributed by atoms with Gasteiger partial charge in [0.15, 0.2) is 0 Å². The molecule has 0 aliphatic rings. The molecule has 0 spiro atoms. The Morgan fingerprint density at radius 2 is 0.131 bits per heavy atom. The van der Waals surface area contributed by atoms with Gasteiger partial charge >= 0.3 is 130 Å². The van der Waals surface area contributed by atoms with Crippen LogP contribution in [0.5, 0.6) is 0 Å². The van der Waals surface area contributed by atoms with Gasteiger partial charge in [-0.2, -0.15) is 0 Å². The molecule has 61 heavy (non-hydrogen) atoms. The van der Waals surface area contributed by atoms with Crippen molar-refractivity contribution in [2.45, 2.75) is 0 Å². The van der Waals surface area contributed by atoms with Gasteiger partial charge in [0.1, 0.15) is 0 Å². The molecular formula is C15H32CaO45. The Hall–Kier alpha value is -9.69. The molecule has 0 fully saturated rings. The van der Waals surface area contributed by atoms with Gasteiger partial charge < -0.3 is 156 Å². The second-order valence-electron chi connectivity index (χ2n) is 4.24. The fraction of sp³-hybridized carbons (Fsp3) is 0. The van der Waals surface area contributed by atoms with Crippen LogP contribution in [0.4, 0.5) is 71.9 Å². The molecule has 364 valence electrons. The van der Waals surface area contributed by atoms with Crippen LogP contribution < -0.4 is 0 Å². The molecule has 0 amide bonds. The van der Waals surface area contributed by atoms with E-state index in [2.05, 4.69) is 0 Å². The SMILES string of the molecule is O=C(O)O.O=C(O)O.O=C(O)O.O=C(O)O.O=C(O)O.O=C(O)O.O=C(O)O.O=C(O)O.O=C(O)O.O=C(O)O.O=C(O)O.O=C(O)O.O=C(O)O.O=C(O)O.O=C(O)O.[Ca+2].[H-].[H-]. The molecule has 0 aromatic carbocycles. The summed E-state index contributed by atoms with van der Waals surface area (Å²) in [6.07, 6.45) is -27.5. The summed E-state index contributed by atoms with van der Waals surface area (Å²) in [5.41, 5.74) is 0. The summed E-state index contributed by atoms with van der Waals surface area (Å²) in [7, 11) is 0. The molecule has 46 heteroatoms. The third-order valence-corrected chi connectivity index (χ3v) is 0. The average molecular weight is 972 g/mol. The van der Waals surface area contributed by atoms with E-state index in [4.69, 9.17) is 225 Å². The van der Waals surface area contributed by atoms with Gasteiger partial charge in [-0.25, -0.2) is 71.9 Å². The quantitative estimate of drug-likeness (QED) is 0.155. The summed E-state index contributed by atoms with van der Waals surface area (Å²) < 4.78 is 0. The molecule has 0 atom stereocenters. The molecule has 0 saturated heterocycles. The van der Waals surface area contributed by atoms with Crippen LogP contribution in [0, 0.1) is 0 Å².